The van der Waals surface area contributed by atoms with Gasteiger partial charge in [0.15, 0.2) is 0 Å². The van der Waals surface area contributed by atoms with E-state index in [0.717, 1.165) is 42.5 Å². The van der Waals surface area contributed by atoms with E-state index in [1.165, 1.54) is 0 Å². The van der Waals surface area contributed by atoms with Crippen molar-refractivity contribution in [2.75, 3.05) is 18.4 Å². The topological polar surface area (TPSA) is 61.0 Å². The van der Waals surface area contributed by atoms with Crippen LogP contribution >= 0.6 is 11.6 Å². The van der Waals surface area contributed by atoms with Crippen molar-refractivity contribution in [2.24, 2.45) is 0 Å². The molecule has 1 aromatic heterocycles. The molecule has 1 saturated heterocycles. The van der Waals surface area contributed by atoms with Crippen molar-refractivity contribution in [1.29, 1.82) is 0 Å². The Bertz CT molecular complexity index is 913. The number of H-pyrrole nitrogens is 1. The molecule has 1 aliphatic heterocycles. The Morgan fingerprint density at radius 3 is 2.77 bits per heavy atom. The van der Waals surface area contributed by atoms with E-state index in [4.69, 9.17) is 11.6 Å². The predicted molar refractivity (Wildman–Crippen MR) is 105 cm³/mol. The molecule has 1 fully saturated rings. The zero-order valence-corrected chi connectivity index (χ0v) is 15.4. The van der Waals surface area contributed by atoms with Crippen LogP contribution in [0, 0.1) is 0 Å². The summed E-state index contributed by atoms with van der Waals surface area (Å²) in [5.74, 6) is 0.685. The second-order valence-electron chi connectivity index (χ2n) is 6.70. The van der Waals surface area contributed by atoms with Crippen LogP contribution in [0.5, 0.6) is 0 Å². The summed E-state index contributed by atoms with van der Waals surface area (Å²) in [5.41, 5.74) is 3.33. The molecule has 0 radical (unpaired) electrons. The fourth-order valence-electron chi connectivity index (χ4n) is 3.43. The number of benzene rings is 2. The van der Waals surface area contributed by atoms with E-state index < -0.39 is 0 Å². The van der Waals surface area contributed by atoms with Crippen molar-refractivity contribution < 1.29 is 4.79 Å². The number of likely N-dealkylation sites (tertiary alicyclic amines) is 1. The summed E-state index contributed by atoms with van der Waals surface area (Å²) in [7, 11) is 0. The summed E-state index contributed by atoms with van der Waals surface area (Å²) in [4.78, 5) is 22.9. The number of anilines is 1. The Kier molecular flexibility index (Phi) is 4.66. The van der Waals surface area contributed by atoms with Crippen LogP contribution in [-0.2, 0) is 4.79 Å². The second-order valence-corrected chi connectivity index (χ2v) is 7.14. The Hall–Kier alpha value is -2.37. The average molecular weight is 369 g/mol. The molecule has 2 aromatic carbocycles. The lowest BCUT2D eigenvalue weighted by molar-refractivity contribution is -0.120. The van der Waals surface area contributed by atoms with Crippen molar-refractivity contribution in [3.05, 3.63) is 47.5 Å². The van der Waals surface area contributed by atoms with E-state index in [2.05, 4.69) is 20.2 Å². The fourth-order valence-corrected chi connectivity index (χ4v) is 3.61. The summed E-state index contributed by atoms with van der Waals surface area (Å²) in [6.07, 6.45) is 2.31. The minimum atomic E-state index is -0.156. The van der Waals surface area contributed by atoms with E-state index in [9.17, 15) is 4.79 Å². The number of aromatic amines is 1. The van der Waals surface area contributed by atoms with Crippen LogP contribution in [0.2, 0.25) is 5.02 Å². The molecular weight excluding hydrogens is 348 g/mol. The molecule has 6 heteroatoms. The van der Waals surface area contributed by atoms with E-state index in [-0.39, 0.29) is 11.9 Å². The standard InChI is InChI=1S/C20H21ClN4O/c1-13(25-10-4-5-11-25)20(26)24-16-9-8-14(21)12-15(16)19-22-17-6-2-3-7-18(17)23-19/h2-3,6-9,12-13H,4-5,10-11H2,1H3,(H,22,23)(H,24,26). The minimum Gasteiger partial charge on any atom is -0.338 e. The van der Waals surface area contributed by atoms with Gasteiger partial charge in [0.05, 0.1) is 22.8 Å². The van der Waals surface area contributed by atoms with E-state index in [0.29, 0.717) is 16.5 Å². The Morgan fingerprint density at radius 1 is 1.23 bits per heavy atom. The summed E-state index contributed by atoms with van der Waals surface area (Å²) in [5, 5.41) is 3.66. The number of imidazole rings is 1. The third kappa shape index (κ3) is 3.32. The first-order valence-electron chi connectivity index (χ1n) is 8.91. The summed E-state index contributed by atoms with van der Waals surface area (Å²) < 4.78 is 0. The van der Waals surface area contributed by atoms with Crippen LogP contribution in [-0.4, -0.2) is 39.9 Å². The maximum Gasteiger partial charge on any atom is 0.241 e. The molecule has 2 heterocycles. The highest BCUT2D eigenvalue weighted by Crippen LogP contribution is 2.31. The molecular formula is C20H21ClN4O. The number of halogens is 1. The smallest absolute Gasteiger partial charge is 0.241 e. The second kappa shape index (κ2) is 7.09. The Labute approximate surface area is 157 Å². The number of para-hydroxylation sites is 2. The normalized spacial score (nSPS) is 16.1. The van der Waals surface area contributed by atoms with Gasteiger partial charge in [-0.3, -0.25) is 9.69 Å². The molecule has 26 heavy (non-hydrogen) atoms. The van der Waals surface area contributed by atoms with Crippen LogP contribution < -0.4 is 5.32 Å². The first kappa shape index (κ1) is 17.1. The maximum atomic E-state index is 12.7. The number of carbonyl (C=O) groups is 1. The van der Waals surface area contributed by atoms with Gasteiger partial charge < -0.3 is 10.3 Å². The van der Waals surface area contributed by atoms with Gasteiger partial charge in [0.1, 0.15) is 5.82 Å². The van der Waals surface area contributed by atoms with E-state index >= 15 is 0 Å². The average Bonchev–Trinajstić information content (AvgIpc) is 3.32. The molecule has 1 atom stereocenters. The first-order valence-corrected chi connectivity index (χ1v) is 9.29. The van der Waals surface area contributed by atoms with Crippen LogP contribution in [0.4, 0.5) is 5.69 Å². The van der Waals surface area contributed by atoms with Gasteiger partial charge in [-0.25, -0.2) is 4.98 Å². The summed E-state index contributed by atoms with van der Waals surface area (Å²) in [6, 6.07) is 13.1. The summed E-state index contributed by atoms with van der Waals surface area (Å²) in [6.45, 7) is 3.91. The highest BCUT2D eigenvalue weighted by atomic mass is 35.5. The maximum absolute atomic E-state index is 12.7. The highest BCUT2D eigenvalue weighted by Gasteiger charge is 2.24. The number of rotatable bonds is 4. The lowest BCUT2D eigenvalue weighted by atomic mass is 10.1. The molecule has 5 nitrogen and oxygen atoms in total. The molecule has 1 unspecified atom stereocenters. The fraction of sp³-hybridized carbons (Fsp3) is 0.300. The van der Waals surface area contributed by atoms with Gasteiger partial charge in [-0.15, -0.1) is 0 Å². The van der Waals surface area contributed by atoms with E-state index in [1.807, 2.05) is 43.3 Å². The molecule has 4 rings (SSSR count). The van der Waals surface area contributed by atoms with Crippen molar-refractivity contribution in [3.63, 3.8) is 0 Å². The minimum absolute atomic E-state index is 0.00779. The zero-order valence-electron chi connectivity index (χ0n) is 14.6. The van der Waals surface area contributed by atoms with Crippen molar-refractivity contribution in [3.8, 4) is 11.4 Å². The van der Waals surface area contributed by atoms with Gasteiger partial charge in [-0.1, -0.05) is 23.7 Å². The molecule has 1 aliphatic rings. The quantitative estimate of drug-likeness (QED) is 0.721. The number of nitrogens with zero attached hydrogens (tertiary/aromatic N) is 2. The van der Waals surface area contributed by atoms with Crippen LogP contribution in [0.1, 0.15) is 19.8 Å². The third-order valence-corrected chi connectivity index (χ3v) is 5.19. The lowest BCUT2D eigenvalue weighted by Gasteiger charge is -2.23. The van der Waals surface area contributed by atoms with E-state index in [1.54, 1.807) is 6.07 Å². The van der Waals surface area contributed by atoms with Gasteiger partial charge in [-0.05, 0) is 63.2 Å². The summed E-state index contributed by atoms with van der Waals surface area (Å²) >= 11 is 6.21. The van der Waals surface area contributed by atoms with Crippen molar-refractivity contribution in [1.82, 2.24) is 14.9 Å². The molecule has 0 saturated carbocycles. The van der Waals surface area contributed by atoms with Crippen LogP contribution in [0.25, 0.3) is 22.4 Å². The lowest BCUT2D eigenvalue weighted by Crippen LogP contribution is -2.40. The third-order valence-electron chi connectivity index (χ3n) is 4.95. The molecule has 0 aliphatic carbocycles. The van der Waals surface area contributed by atoms with Gasteiger partial charge in [-0.2, -0.15) is 0 Å². The van der Waals surface area contributed by atoms with Crippen LogP contribution in [0.3, 0.4) is 0 Å². The van der Waals surface area contributed by atoms with Crippen LogP contribution in [0.15, 0.2) is 42.5 Å². The SMILES string of the molecule is CC(C(=O)Nc1ccc(Cl)cc1-c1nc2ccccc2[nH]1)N1CCCC1. The Balaban J connectivity index is 1.65. The predicted octanol–water partition coefficient (Wildman–Crippen LogP) is 4.31. The van der Waals surface area contributed by atoms with Gasteiger partial charge in [0.2, 0.25) is 5.91 Å². The number of fused-ring (bicyclic) bond motifs is 1. The zero-order chi connectivity index (χ0) is 18.1. The molecule has 134 valence electrons. The number of hydrogen-bond donors (Lipinski definition) is 2. The Morgan fingerprint density at radius 2 is 2.00 bits per heavy atom. The molecule has 3 aromatic rings. The molecule has 1 amide bonds. The highest BCUT2D eigenvalue weighted by molar-refractivity contribution is 6.31. The van der Waals surface area contributed by atoms with Crippen molar-refractivity contribution in [2.45, 2.75) is 25.8 Å². The number of carbonyl (C=O) groups excluding carboxylic acids is 1. The number of nitrogens with one attached hydrogen (secondary N) is 2. The molecule has 0 spiro atoms. The van der Waals surface area contributed by atoms with Gasteiger partial charge in [0.25, 0.3) is 0 Å². The van der Waals surface area contributed by atoms with Crippen molar-refractivity contribution >= 4 is 34.2 Å². The van der Waals surface area contributed by atoms with Gasteiger partial charge in [0, 0.05) is 10.6 Å². The molecule has 2 N–H and O–H groups in total. The monoisotopic (exact) mass is 368 g/mol. The largest absolute Gasteiger partial charge is 0.338 e. The number of hydrogen-bond acceptors (Lipinski definition) is 3. The number of aromatic nitrogens is 2. The first-order chi connectivity index (χ1) is 12.6. The molecule has 0 bridgehead atoms. The van der Waals surface area contributed by atoms with Gasteiger partial charge >= 0.3 is 0 Å². The number of amides is 1.